The molecule has 0 fully saturated rings. The lowest BCUT2D eigenvalue weighted by atomic mass is 9.91. The minimum Gasteiger partial charge on any atom is -0.449 e. The van der Waals surface area contributed by atoms with Crippen LogP contribution in [-0.2, 0) is 32.0 Å². The van der Waals surface area contributed by atoms with Crippen LogP contribution in [0.2, 0.25) is 0 Å². The van der Waals surface area contributed by atoms with E-state index in [0.717, 1.165) is 55.8 Å². The molecule has 6 aromatic rings. The first-order valence-electron chi connectivity index (χ1n) is 19.1. The topological polar surface area (TPSA) is 126 Å². The number of carbonyl (C=O) groups is 4. The molecule has 3 N–H and O–H groups in total. The first kappa shape index (κ1) is 38.4. The summed E-state index contributed by atoms with van der Waals surface area (Å²) in [5.74, 6) is -2.10. The molecule has 0 radical (unpaired) electrons. The first-order valence-corrected chi connectivity index (χ1v) is 19.1. The van der Waals surface area contributed by atoms with Crippen molar-refractivity contribution in [2.75, 3.05) is 20.2 Å². The van der Waals surface area contributed by atoms with Gasteiger partial charge in [0.25, 0.3) is 0 Å². The summed E-state index contributed by atoms with van der Waals surface area (Å²) in [7, 11) is 1.52. The van der Waals surface area contributed by atoms with Gasteiger partial charge in [-0.2, -0.15) is 0 Å². The third kappa shape index (κ3) is 9.51. The second kappa shape index (κ2) is 18.2. The molecule has 286 valence electrons. The summed E-state index contributed by atoms with van der Waals surface area (Å²) in [6, 6.07) is 46.6. The molecule has 0 bridgehead atoms. The van der Waals surface area contributed by atoms with Crippen LogP contribution < -0.4 is 16.0 Å². The smallest absolute Gasteiger partial charge is 0.407 e. The highest BCUT2D eigenvalue weighted by Crippen LogP contribution is 2.44. The van der Waals surface area contributed by atoms with Crippen molar-refractivity contribution in [1.29, 1.82) is 0 Å². The van der Waals surface area contributed by atoms with Gasteiger partial charge in [0.15, 0.2) is 5.78 Å². The fraction of sp³-hybridized carbons (Fsp3) is 0.188. The lowest BCUT2D eigenvalue weighted by molar-refractivity contribution is -0.132. The summed E-state index contributed by atoms with van der Waals surface area (Å²) >= 11 is 0. The molecule has 7 rings (SSSR count). The van der Waals surface area contributed by atoms with Crippen LogP contribution in [0.1, 0.15) is 34.6 Å². The number of benzene rings is 5. The maximum absolute atomic E-state index is 14.0. The highest BCUT2D eigenvalue weighted by atomic mass is 16.5. The fourth-order valence-corrected chi connectivity index (χ4v) is 7.41. The fourth-order valence-electron chi connectivity index (χ4n) is 7.41. The number of hydrogen-bond acceptors (Lipinski definition) is 6. The van der Waals surface area contributed by atoms with Crippen LogP contribution in [-0.4, -0.2) is 54.9 Å². The van der Waals surface area contributed by atoms with E-state index >= 15 is 0 Å². The van der Waals surface area contributed by atoms with Gasteiger partial charge in [0.05, 0.1) is 12.2 Å². The molecular formula is C48H44N4O5. The number of carbonyl (C=O) groups excluding carboxylic acids is 4. The van der Waals surface area contributed by atoms with E-state index in [9.17, 15) is 19.2 Å². The van der Waals surface area contributed by atoms with Gasteiger partial charge in [-0.3, -0.25) is 19.4 Å². The quantitative estimate of drug-likeness (QED) is 0.0994. The van der Waals surface area contributed by atoms with Crippen LogP contribution in [0.4, 0.5) is 4.79 Å². The van der Waals surface area contributed by atoms with Gasteiger partial charge in [-0.15, -0.1) is 0 Å². The molecule has 5 aromatic carbocycles. The number of pyridine rings is 1. The highest BCUT2D eigenvalue weighted by Gasteiger charge is 2.30. The van der Waals surface area contributed by atoms with Gasteiger partial charge in [-0.25, -0.2) is 4.79 Å². The molecule has 57 heavy (non-hydrogen) atoms. The second-order valence-electron chi connectivity index (χ2n) is 14.2. The SMILES string of the molecule is CNC(=O)[C@H](Cc1ccc(-c2ccccc2)nc1)NC(=O)[C@@H](CC(=O)CNC(=O)OCC1c2ccccc2-c2ccccc21)Cc1ccc(-c2ccccc2)cc1. The molecule has 0 saturated heterocycles. The summed E-state index contributed by atoms with van der Waals surface area (Å²) in [4.78, 5) is 58.1. The van der Waals surface area contributed by atoms with Crippen molar-refractivity contribution < 1.29 is 23.9 Å². The van der Waals surface area contributed by atoms with E-state index in [0.29, 0.717) is 0 Å². The summed E-state index contributed by atoms with van der Waals surface area (Å²) in [5, 5.41) is 8.16. The Bertz CT molecular complexity index is 2280. The number of hydrogen-bond donors (Lipinski definition) is 3. The van der Waals surface area contributed by atoms with Gasteiger partial charge in [-0.05, 0) is 57.0 Å². The standard InChI is InChI=1S/C48H44N4O5/c1-49-47(55)45(27-33-22-25-44(50-29-33)36-14-6-3-7-15-36)52-46(54)37(26-32-20-23-35(24-21-32)34-12-4-2-5-13-34)28-38(53)30-51-48(56)57-31-43-41-18-10-8-16-39(41)40-17-9-11-19-42(40)43/h2-25,29,37,43,45H,26-28,30-31H2,1H3,(H,49,55)(H,51,56)(H,52,54)/t37-,45+/m1/s1. The van der Waals surface area contributed by atoms with E-state index in [1.54, 1.807) is 6.20 Å². The Morgan fingerprint density at radius 3 is 1.82 bits per heavy atom. The molecule has 0 spiro atoms. The molecule has 1 heterocycles. The number of rotatable bonds is 15. The predicted molar refractivity (Wildman–Crippen MR) is 221 cm³/mol. The zero-order valence-corrected chi connectivity index (χ0v) is 31.7. The van der Waals surface area contributed by atoms with Crippen LogP contribution in [0.25, 0.3) is 33.5 Å². The Morgan fingerprint density at radius 2 is 1.21 bits per heavy atom. The molecule has 2 atom stereocenters. The number of ketones is 1. The van der Waals surface area contributed by atoms with E-state index in [1.165, 1.54) is 7.05 Å². The van der Waals surface area contributed by atoms with Crippen LogP contribution in [0.3, 0.4) is 0 Å². The average molecular weight is 757 g/mol. The summed E-state index contributed by atoms with van der Waals surface area (Å²) in [6.45, 7) is -0.199. The van der Waals surface area contributed by atoms with Gasteiger partial charge in [0, 0.05) is 43.5 Å². The lowest BCUT2D eigenvalue weighted by Gasteiger charge is -2.22. The van der Waals surface area contributed by atoms with E-state index in [1.807, 2.05) is 133 Å². The number of aromatic nitrogens is 1. The number of nitrogens with zero attached hydrogens (tertiary/aromatic N) is 1. The number of amides is 3. The normalized spacial score (nSPS) is 12.7. The largest absolute Gasteiger partial charge is 0.449 e. The molecule has 1 aromatic heterocycles. The van der Waals surface area contributed by atoms with Crippen molar-refractivity contribution in [3.05, 3.63) is 174 Å². The highest BCUT2D eigenvalue weighted by molar-refractivity contribution is 5.92. The van der Waals surface area contributed by atoms with Crippen molar-refractivity contribution in [2.24, 2.45) is 5.92 Å². The summed E-state index contributed by atoms with van der Waals surface area (Å²) in [5.41, 5.74) is 9.88. The van der Waals surface area contributed by atoms with Gasteiger partial charge >= 0.3 is 6.09 Å². The molecular weight excluding hydrogens is 713 g/mol. The Morgan fingerprint density at radius 1 is 0.632 bits per heavy atom. The van der Waals surface area contributed by atoms with Gasteiger partial charge in [0.1, 0.15) is 12.6 Å². The van der Waals surface area contributed by atoms with E-state index in [-0.39, 0.29) is 50.0 Å². The molecule has 0 unspecified atom stereocenters. The van der Waals surface area contributed by atoms with Gasteiger partial charge in [-0.1, -0.05) is 140 Å². The minimum atomic E-state index is -0.913. The molecule has 0 saturated carbocycles. The first-order chi connectivity index (χ1) is 27.9. The Hall–Kier alpha value is -6.87. The van der Waals surface area contributed by atoms with Crippen molar-refractivity contribution >= 4 is 23.7 Å². The van der Waals surface area contributed by atoms with Crippen molar-refractivity contribution in [3.63, 3.8) is 0 Å². The van der Waals surface area contributed by atoms with Crippen molar-refractivity contribution in [2.45, 2.75) is 31.2 Å². The average Bonchev–Trinajstić information content (AvgIpc) is 3.58. The van der Waals surface area contributed by atoms with Crippen molar-refractivity contribution in [3.8, 4) is 33.5 Å². The number of likely N-dealkylation sites (N-methyl/N-ethyl adjacent to an activating group) is 1. The number of fused-ring (bicyclic) bond motifs is 3. The third-order valence-corrected chi connectivity index (χ3v) is 10.4. The Labute approximate surface area is 332 Å². The molecule has 1 aliphatic carbocycles. The van der Waals surface area contributed by atoms with E-state index in [4.69, 9.17) is 4.74 Å². The second-order valence-corrected chi connectivity index (χ2v) is 14.2. The molecule has 9 heteroatoms. The van der Waals surface area contributed by atoms with E-state index < -0.39 is 24.0 Å². The summed E-state index contributed by atoms with van der Waals surface area (Å²) < 4.78 is 5.64. The lowest BCUT2D eigenvalue weighted by Crippen LogP contribution is -2.49. The van der Waals surface area contributed by atoms with Gasteiger partial charge < -0.3 is 20.7 Å². The number of Topliss-reactive ketones (excluding diaryl/α,β-unsaturated/α-hetero) is 1. The van der Waals surface area contributed by atoms with Crippen LogP contribution in [0.15, 0.2) is 152 Å². The number of nitrogens with one attached hydrogen (secondary N) is 3. The monoisotopic (exact) mass is 756 g/mol. The Kier molecular flexibility index (Phi) is 12.2. The molecule has 9 nitrogen and oxygen atoms in total. The predicted octanol–water partition coefficient (Wildman–Crippen LogP) is 7.55. The van der Waals surface area contributed by atoms with Gasteiger partial charge in [0.2, 0.25) is 11.8 Å². The van der Waals surface area contributed by atoms with E-state index in [2.05, 4.69) is 33.1 Å². The Balaban J connectivity index is 1.01. The third-order valence-electron chi connectivity index (χ3n) is 10.4. The van der Waals surface area contributed by atoms with Crippen LogP contribution in [0.5, 0.6) is 0 Å². The van der Waals surface area contributed by atoms with Crippen LogP contribution in [0, 0.1) is 5.92 Å². The molecule has 1 aliphatic rings. The summed E-state index contributed by atoms with van der Waals surface area (Å²) in [6.07, 6.45) is 1.27. The maximum atomic E-state index is 14.0. The number of alkyl carbamates (subject to hydrolysis) is 1. The zero-order chi connectivity index (χ0) is 39.6. The molecule has 0 aliphatic heterocycles. The van der Waals surface area contributed by atoms with Crippen LogP contribution >= 0.6 is 0 Å². The number of ether oxygens (including phenoxy) is 1. The minimum absolute atomic E-state index is 0.115. The van der Waals surface area contributed by atoms with Crippen molar-refractivity contribution in [1.82, 2.24) is 20.9 Å². The maximum Gasteiger partial charge on any atom is 0.407 e. The zero-order valence-electron chi connectivity index (χ0n) is 31.7. The molecule has 3 amide bonds.